The van der Waals surface area contributed by atoms with E-state index in [1.165, 1.54) is 28.6 Å². The number of nitrogens with one attached hydrogen (secondary N) is 2. The number of carbonyl (C=O) groups is 2. The summed E-state index contributed by atoms with van der Waals surface area (Å²) in [7, 11) is -3.70. The van der Waals surface area contributed by atoms with Crippen molar-refractivity contribution in [1.82, 2.24) is 15.2 Å². The van der Waals surface area contributed by atoms with Gasteiger partial charge in [-0.05, 0) is 36.4 Å². The predicted molar refractivity (Wildman–Crippen MR) is 109 cm³/mol. The number of sulfonamides is 1. The summed E-state index contributed by atoms with van der Waals surface area (Å²) in [5, 5.41) is 0.468. The average molecular weight is 440 g/mol. The van der Waals surface area contributed by atoms with Crippen molar-refractivity contribution >= 4 is 33.4 Å². The van der Waals surface area contributed by atoms with Gasteiger partial charge in [0.15, 0.2) is 6.61 Å². The maximum absolute atomic E-state index is 12.6. The number of nitrogens with zero attached hydrogens (tertiary/aromatic N) is 1. The minimum absolute atomic E-state index is 0.00414. The van der Waals surface area contributed by atoms with Gasteiger partial charge in [-0.15, -0.1) is 0 Å². The summed E-state index contributed by atoms with van der Waals surface area (Å²) in [5.41, 5.74) is 4.53. The lowest BCUT2D eigenvalue weighted by atomic mass is 10.2. The number of ether oxygens (including phenoxy) is 1. The molecule has 8 nitrogen and oxygen atoms in total. The molecule has 0 aliphatic heterocycles. The molecule has 0 saturated heterocycles. The van der Waals surface area contributed by atoms with Crippen LogP contribution in [0.4, 0.5) is 0 Å². The molecule has 0 heterocycles. The van der Waals surface area contributed by atoms with Gasteiger partial charge >= 0.3 is 0 Å². The van der Waals surface area contributed by atoms with Crippen LogP contribution in [0.25, 0.3) is 0 Å². The van der Waals surface area contributed by atoms with Gasteiger partial charge in [0, 0.05) is 23.7 Å². The molecule has 2 aromatic rings. The van der Waals surface area contributed by atoms with Gasteiger partial charge in [-0.1, -0.05) is 37.6 Å². The van der Waals surface area contributed by atoms with Crippen LogP contribution in [0.1, 0.15) is 24.2 Å². The summed E-state index contributed by atoms with van der Waals surface area (Å²) in [4.78, 5) is 24.1. The molecule has 0 saturated carbocycles. The first-order chi connectivity index (χ1) is 13.8. The van der Waals surface area contributed by atoms with Crippen LogP contribution < -0.4 is 15.6 Å². The summed E-state index contributed by atoms with van der Waals surface area (Å²) < 4.78 is 31.7. The monoisotopic (exact) mass is 439 g/mol. The van der Waals surface area contributed by atoms with E-state index in [0.29, 0.717) is 23.9 Å². The molecule has 0 atom stereocenters. The van der Waals surface area contributed by atoms with Gasteiger partial charge in [-0.2, -0.15) is 4.31 Å². The van der Waals surface area contributed by atoms with Gasteiger partial charge in [0.2, 0.25) is 10.0 Å². The maximum Gasteiger partial charge on any atom is 0.276 e. The Bertz CT molecular complexity index is 977. The first kappa shape index (κ1) is 22.7. The van der Waals surface area contributed by atoms with Crippen LogP contribution in [-0.4, -0.2) is 44.2 Å². The molecule has 2 rings (SSSR count). The Morgan fingerprint density at radius 2 is 1.72 bits per heavy atom. The van der Waals surface area contributed by atoms with Crippen LogP contribution in [0.3, 0.4) is 0 Å². The van der Waals surface area contributed by atoms with E-state index >= 15 is 0 Å². The molecular formula is C19H22ClN3O5S. The SMILES string of the molecule is CCN(CC)S(=O)(=O)c1cccc(C(=O)NNC(=O)COc2cccc(Cl)c2)c1. The van der Waals surface area contributed by atoms with Crippen LogP contribution in [0.15, 0.2) is 53.4 Å². The zero-order chi connectivity index (χ0) is 21.4. The van der Waals surface area contributed by atoms with Crippen molar-refractivity contribution in [1.29, 1.82) is 0 Å². The van der Waals surface area contributed by atoms with E-state index in [9.17, 15) is 18.0 Å². The Morgan fingerprint density at radius 1 is 1.03 bits per heavy atom. The van der Waals surface area contributed by atoms with E-state index in [2.05, 4.69) is 10.9 Å². The lowest BCUT2D eigenvalue weighted by molar-refractivity contribution is -0.123. The summed E-state index contributed by atoms with van der Waals surface area (Å²) >= 11 is 5.83. The van der Waals surface area contributed by atoms with Crippen LogP contribution in [0, 0.1) is 0 Å². The number of benzene rings is 2. The van der Waals surface area contributed by atoms with Crippen LogP contribution >= 0.6 is 11.6 Å². The second-order valence-electron chi connectivity index (χ2n) is 5.87. The Balaban J connectivity index is 1.96. The normalized spacial score (nSPS) is 11.2. The van der Waals surface area contributed by atoms with E-state index in [-0.39, 0.29) is 17.1 Å². The molecule has 0 aromatic heterocycles. The molecule has 0 bridgehead atoms. The number of hydrogen-bond donors (Lipinski definition) is 2. The highest BCUT2D eigenvalue weighted by Crippen LogP contribution is 2.17. The molecule has 0 radical (unpaired) electrons. The molecule has 0 aliphatic rings. The van der Waals surface area contributed by atoms with Crippen molar-refractivity contribution < 1.29 is 22.7 Å². The van der Waals surface area contributed by atoms with Crippen molar-refractivity contribution in [2.75, 3.05) is 19.7 Å². The van der Waals surface area contributed by atoms with Gasteiger partial charge < -0.3 is 4.74 Å². The maximum atomic E-state index is 12.6. The minimum Gasteiger partial charge on any atom is -0.484 e. The lowest BCUT2D eigenvalue weighted by Gasteiger charge is -2.18. The Morgan fingerprint density at radius 3 is 2.38 bits per heavy atom. The molecule has 2 aromatic carbocycles. The summed E-state index contributed by atoms with van der Waals surface area (Å²) in [6.45, 7) is 3.77. The second-order valence-corrected chi connectivity index (χ2v) is 8.24. The van der Waals surface area contributed by atoms with Gasteiger partial charge in [0.05, 0.1) is 4.90 Å². The van der Waals surface area contributed by atoms with Crippen molar-refractivity contribution in [2.45, 2.75) is 18.7 Å². The van der Waals surface area contributed by atoms with Crippen LogP contribution in [0.5, 0.6) is 5.75 Å². The van der Waals surface area contributed by atoms with Crippen molar-refractivity contribution in [3.8, 4) is 5.75 Å². The fourth-order valence-electron chi connectivity index (χ4n) is 2.45. The van der Waals surface area contributed by atoms with Gasteiger partial charge in [-0.25, -0.2) is 8.42 Å². The first-order valence-corrected chi connectivity index (χ1v) is 10.7. The standard InChI is InChI=1S/C19H22ClN3O5S/c1-3-23(4-2)29(26,27)17-10-5-7-14(11-17)19(25)22-21-18(24)13-28-16-9-6-8-15(20)12-16/h5-12H,3-4,13H2,1-2H3,(H,21,24)(H,22,25). The third kappa shape index (κ3) is 6.18. The third-order valence-electron chi connectivity index (χ3n) is 3.92. The minimum atomic E-state index is -3.70. The topological polar surface area (TPSA) is 105 Å². The molecule has 0 spiro atoms. The quantitative estimate of drug-likeness (QED) is 0.613. The molecular weight excluding hydrogens is 418 g/mol. The second kappa shape index (κ2) is 10.2. The Hall–Kier alpha value is -2.62. The molecule has 29 heavy (non-hydrogen) atoms. The number of halogens is 1. The number of carbonyl (C=O) groups excluding carboxylic acids is 2. The highest BCUT2D eigenvalue weighted by Gasteiger charge is 2.22. The van der Waals surface area contributed by atoms with Gasteiger partial charge in [0.25, 0.3) is 11.8 Å². The highest BCUT2D eigenvalue weighted by molar-refractivity contribution is 7.89. The summed E-state index contributed by atoms with van der Waals surface area (Å²) in [6.07, 6.45) is 0. The number of rotatable bonds is 8. The zero-order valence-corrected chi connectivity index (χ0v) is 17.6. The van der Waals surface area contributed by atoms with Crippen molar-refractivity contribution in [2.24, 2.45) is 0 Å². The molecule has 0 fully saturated rings. The summed E-state index contributed by atoms with van der Waals surface area (Å²) in [5.74, 6) is -0.837. The molecule has 0 unspecified atom stereocenters. The fraction of sp³-hybridized carbons (Fsp3) is 0.263. The predicted octanol–water partition coefficient (Wildman–Crippen LogP) is 2.21. The molecule has 10 heteroatoms. The fourth-order valence-corrected chi connectivity index (χ4v) is 4.14. The first-order valence-electron chi connectivity index (χ1n) is 8.85. The number of hydrazine groups is 1. The largest absolute Gasteiger partial charge is 0.484 e. The van der Waals surface area contributed by atoms with Crippen molar-refractivity contribution in [3.63, 3.8) is 0 Å². The number of amides is 2. The van der Waals surface area contributed by atoms with Crippen LogP contribution in [0.2, 0.25) is 5.02 Å². The molecule has 2 amide bonds. The van der Waals surface area contributed by atoms with E-state index < -0.39 is 21.8 Å². The number of hydrogen-bond acceptors (Lipinski definition) is 5. The molecule has 2 N–H and O–H groups in total. The Kier molecular flexibility index (Phi) is 8.00. The lowest BCUT2D eigenvalue weighted by Crippen LogP contribution is -2.43. The highest BCUT2D eigenvalue weighted by atomic mass is 35.5. The van der Waals surface area contributed by atoms with E-state index in [1.807, 2.05) is 0 Å². The average Bonchev–Trinajstić information content (AvgIpc) is 2.71. The zero-order valence-electron chi connectivity index (χ0n) is 16.0. The van der Waals surface area contributed by atoms with Crippen LogP contribution in [-0.2, 0) is 14.8 Å². The van der Waals surface area contributed by atoms with E-state index in [0.717, 1.165) is 0 Å². The van der Waals surface area contributed by atoms with Gasteiger partial charge in [-0.3, -0.25) is 20.4 Å². The smallest absolute Gasteiger partial charge is 0.276 e. The Labute approximate surface area is 174 Å². The molecule has 156 valence electrons. The third-order valence-corrected chi connectivity index (χ3v) is 6.20. The molecule has 0 aliphatic carbocycles. The van der Waals surface area contributed by atoms with E-state index in [1.54, 1.807) is 38.1 Å². The van der Waals surface area contributed by atoms with E-state index in [4.69, 9.17) is 16.3 Å². The van der Waals surface area contributed by atoms with Crippen molar-refractivity contribution in [3.05, 3.63) is 59.1 Å². The summed E-state index contributed by atoms with van der Waals surface area (Å²) in [6, 6.07) is 12.1. The van der Waals surface area contributed by atoms with Gasteiger partial charge in [0.1, 0.15) is 5.75 Å².